The maximum atomic E-state index is 12.3. The lowest BCUT2D eigenvalue weighted by Crippen LogP contribution is -2.27. The highest BCUT2D eigenvalue weighted by atomic mass is 16.2. The molecule has 0 saturated heterocycles. The molecule has 2 amide bonds. The first-order chi connectivity index (χ1) is 9.61. The second-order valence-corrected chi connectivity index (χ2v) is 6.03. The molecular weight excluding hydrogens is 252 g/mol. The van der Waals surface area contributed by atoms with E-state index >= 15 is 0 Å². The summed E-state index contributed by atoms with van der Waals surface area (Å²) in [4.78, 5) is 23.4. The van der Waals surface area contributed by atoms with E-state index in [4.69, 9.17) is 0 Å². The first-order valence-corrected chi connectivity index (χ1v) is 7.30. The largest absolute Gasteiger partial charge is 0.326 e. The number of carbonyl (C=O) groups excluding carboxylic acids is 2. The van der Waals surface area contributed by atoms with Gasteiger partial charge in [-0.05, 0) is 49.3 Å². The molecule has 3 rings (SSSR count). The summed E-state index contributed by atoms with van der Waals surface area (Å²) in [6.45, 7) is 1.47. The van der Waals surface area contributed by atoms with E-state index in [9.17, 15) is 9.59 Å². The van der Waals surface area contributed by atoms with E-state index in [1.54, 1.807) is 6.07 Å². The Kier molecular flexibility index (Phi) is 3.47. The summed E-state index contributed by atoms with van der Waals surface area (Å²) in [6.07, 6.45) is 4.77. The van der Waals surface area contributed by atoms with Crippen LogP contribution in [0.2, 0.25) is 0 Å². The van der Waals surface area contributed by atoms with Crippen molar-refractivity contribution in [3.63, 3.8) is 0 Å². The Hall–Kier alpha value is -1.84. The van der Waals surface area contributed by atoms with Crippen molar-refractivity contribution in [1.29, 1.82) is 0 Å². The van der Waals surface area contributed by atoms with Gasteiger partial charge in [0.25, 0.3) is 0 Å². The zero-order valence-corrected chi connectivity index (χ0v) is 11.7. The molecule has 2 bridgehead atoms. The van der Waals surface area contributed by atoms with E-state index in [1.165, 1.54) is 26.2 Å². The van der Waals surface area contributed by atoms with Gasteiger partial charge in [0.1, 0.15) is 0 Å². The third-order valence-electron chi connectivity index (χ3n) is 4.53. The van der Waals surface area contributed by atoms with Crippen LogP contribution in [0.4, 0.5) is 11.4 Å². The second kappa shape index (κ2) is 5.27. The van der Waals surface area contributed by atoms with Crippen LogP contribution < -0.4 is 10.6 Å². The zero-order chi connectivity index (χ0) is 14.1. The molecule has 4 nitrogen and oxygen atoms in total. The Morgan fingerprint density at radius 3 is 2.45 bits per heavy atom. The maximum absolute atomic E-state index is 12.3. The van der Waals surface area contributed by atoms with Gasteiger partial charge in [0.2, 0.25) is 11.8 Å². The number of carbonyl (C=O) groups is 2. The van der Waals surface area contributed by atoms with Crippen molar-refractivity contribution < 1.29 is 9.59 Å². The standard InChI is InChI=1S/C16H20N2O2/c1-10(19)17-13-3-2-4-14(9-13)18-16(20)15-8-11-5-6-12(15)7-11/h2-4,9,11-12,15H,5-8H2,1H3,(H,17,19)(H,18,20)/t11-,12-,15-/m1/s1. The molecule has 2 saturated carbocycles. The minimum absolute atomic E-state index is 0.110. The molecule has 1 aromatic carbocycles. The van der Waals surface area contributed by atoms with Crippen molar-refractivity contribution in [2.45, 2.75) is 32.6 Å². The van der Waals surface area contributed by atoms with E-state index in [1.807, 2.05) is 18.2 Å². The van der Waals surface area contributed by atoms with E-state index in [0.29, 0.717) is 11.6 Å². The minimum atomic E-state index is -0.110. The summed E-state index contributed by atoms with van der Waals surface area (Å²) in [5.41, 5.74) is 1.47. The first-order valence-electron chi connectivity index (χ1n) is 7.30. The van der Waals surface area contributed by atoms with Crippen LogP contribution in [0.3, 0.4) is 0 Å². The normalized spacial score (nSPS) is 27.4. The molecule has 2 fully saturated rings. The predicted molar refractivity (Wildman–Crippen MR) is 78.3 cm³/mol. The minimum Gasteiger partial charge on any atom is -0.326 e. The molecule has 2 aliphatic rings. The van der Waals surface area contributed by atoms with Gasteiger partial charge in [-0.2, -0.15) is 0 Å². The summed E-state index contributed by atoms with van der Waals surface area (Å²) in [5.74, 6) is 1.55. The van der Waals surface area contributed by atoms with Crippen LogP contribution in [-0.4, -0.2) is 11.8 Å². The lowest BCUT2D eigenvalue weighted by atomic mass is 9.88. The van der Waals surface area contributed by atoms with Gasteiger partial charge in [0, 0.05) is 24.2 Å². The number of fused-ring (bicyclic) bond motifs is 2. The van der Waals surface area contributed by atoms with Gasteiger partial charge in [-0.1, -0.05) is 12.5 Å². The van der Waals surface area contributed by atoms with Crippen molar-refractivity contribution in [2.24, 2.45) is 17.8 Å². The number of amides is 2. The Morgan fingerprint density at radius 2 is 1.85 bits per heavy atom. The molecule has 1 aromatic rings. The zero-order valence-electron chi connectivity index (χ0n) is 11.7. The van der Waals surface area contributed by atoms with Crippen molar-refractivity contribution in [3.05, 3.63) is 24.3 Å². The molecule has 0 radical (unpaired) electrons. The Labute approximate surface area is 118 Å². The summed E-state index contributed by atoms with van der Waals surface area (Å²) in [5, 5.41) is 5.72. The monoisotopic (exact) mass is 272 g/mol. The molecule has 0 heterocycles. The fourth-order valence-corrected chi connectivity index (χ4v) is 3.68. The quantitative estimate of drug-likeness (QED) is 0.888. The molecule has 0 aromatic heterocycles. The molecule has 4 heteroatoms. The maximum Gasteiger partial charge on any atom is 0.227 e. The molecule has 0 unspecified atom stereocenters. The highest BCUT2D eigenvalue weighted by molar-refractivity contribution is 5.94. The van der Waals surface area contributed by atoms with Gasteiger partial charge in [0.15, 0.2) is 0 Å². The number of anilines is 2. The highest BCUT2D eigenvalue weighted by Gasteiger charge is 2.42. The van der Waals surface area contributed by atoms with Crippen molar-refractivity contribution >= 4 is 23.2 Å². The van der Waals surface area contributed by atoms with E-state index in [-0.39, 0.29) is 17.7 Å². The molecule has 0 aliphatic heterocycles. The predicted octanol–water partition coefficient (Wildman–Crippen LogP) is 3.02. The van der Waals surface area contributed by atoms with Gasteiger partial charge in [-0.15, -0.1) is 0 Å². The van der Waals surface area contributed by atoms with Crippen LogP contribution in [0.5, 0.6) is 0 Å². The number of nitrogens with one attached hydrogen (secondary N) is 2. The molecule has 2 N–H and O–H groups in total. The average Bonchev–Trinajstić information content (AvgIpc) is 3.00. The summed E-state index contributed by atoms with van der Waals surface area (Å²) < 4.78 is 0. The smallest absolute Gasteiger partial charge is 0.227 e. The third-order valence-corrected chi connectivity index (χ3v) is 4.53. The van der Waals surface area contributed by atoms with Crippen molar-refractivity contribution in [1.82, 2.24) is 0 Å². The van der Waals surface area contributed by atoms with Gasteiger partial charge in [-0.25, -0.2) is 0 Å². The van der Waals surface area contributed by atoms with E-state index < -0.39 is 0 Å². The summed E-state index contributed by atoms with van der Waals surface area (Å²) >= 11 is 0. The molecule has 106 valence electrons. The van der Waals surface area contributed by atoms with Gasteiger partial charge in [-0.3, -0.25) is 9.59 Å². The number of hydrogen-bond donors (Lipinski definition) is 2. The SMILES string of the molecule is CC(=O)Nc1cccc(NC(=O)[C@@H]2C[C@@H]3CC[C@@H]2C3)c1. The topological polar surface area (TPSA) is 58.2 Å². The third kappa shape index (κ3) is 2.69. The Bertz CT molecular complexity index is 541. The Balaban J connectivity index is 1.65. The fourth-order valence-electron chi connectivity index (χ4n) is 3.68. The second-order valence-electron chi connectivity index (χ2n) is 6.03. The fraction of sp³-hybridized carbons (Fsp3) is 0.500. The van der Waals surface area contributed by atoms with Crippen molar-refractivity contribution in [3.8, 4) is 0 Å². The lowest BCUT2D eigenvalue weighted by molar-refractivity contribution is -0.121. The van der Waals surface area contributed by atoms with Crippen LogP contribution >= 0.6 is 0 Å². The van der Waals surface area contributed by atoms with Crippen molar-refractivity contribution in [2.75, 3.05) is 10.6 Å². The van der Waals surface area contributed by atoms with Gasteiger partial charge >= 0.3 is 0 Å². The van der Waals surface area contributed by atoms with Crippen LogP contribution in [0.25, 0.3) is 0 Å². The van der Waals surface area contributed by atoms with Gasteiger partial charge in [0.05, 0.1) is 0 Å². The van der Waals surface area contributed by atoms with Crippen LogP contribution in [-0.2, 0) is 9.59 Å². The Morgan fingerprint density at radius 1 is 1.10 bits per heavy atom. The molecule has 0 spiro atoms. The average molecular weight is 272 g/mol. The van der Waals surface area contributed by atoms with E-state index in [2.05, 4.69) is 10.6 Å². The number of hydrogen-bond acceptors (Lipinski definition) is 2. The number of benzene rings is 1. The molecule has 3 atom stereocenters. The lowest BCUT2D eigenvalue weighted by Gasteiger charge is -2.20. The molecule has 20 heavy (non-hydrogen) atoms. The highest BCUT2D eigenvalue weighted by Crippen LogP contribution is 2.48. The van der Waals surface area contributed by atoms with Crippen LogP contribution in [0.15, 0.2) is 24.3 Å². The van der Waals surface area contributed by atoms with Gasteiger partial charge < -0.3 is 10.6 Å². The number of rotatable bonds is 3. The van der Waals surface area contributed by atoms with Crippen LogP contribution in [0.1, 0.15) is 32.6 Å². The first kappa shape index (κ1) is 13.2. The van der Waals surface area contributed by atoms with E-state index in [0.717, 1.165) is 18.0 Å². The molecular formula is C16H20N2O2. The van der Waals surface area contributed by atoms with Crippen LogP contribution in [0, 0.1) is 17.8 Å². The summed E-state index contributed by atoms with van der Waals surface area (Å²) in [6, 6.07) is 7.30. The summed E-state index contributed by atoms with van der Waals surface area (Å²) in [7, 11) is 0. The molecule has 2 aliphatic carbocycles.